The number of amides is 1. The number of nitrogens with zero attached hydrogens (tertiary/aromatic N) is 2. The van der Waals surface area contributed by atoms with Gasteiger partial charge < -0.3 is 5.73 Å². The van der Waals surface area contributed by atoms with Crippen LogP contribution in [-0.4, -0.2) is 15.7 Å². The van der Waals surface area contributed by atoms with E-state index in [4.69, 9.17) is 5.73 Å². The van der Waals surface area contributed by atoms with Crippen molar-refractivity contribution >= 4 is 5.91 Å². The Bertz CT molecular complexity index is 1040. The molecule has 1 heterocycles. The van der Waals surface area contributed by atoms with Gasteiger partial charge in [0.25, 0.3) is 0 Å². The molecule has 0 radical (unpaired) electrons. The van der Waals surface area contributed by atoms with Gasteiger partial charge in [0, 0.05) is 11.6 Å². The smallest absolute Gasteiger partial charge is 0.369 e. The van der Waals surface area contributed by atoms with Crippen molar-refractivity contribution in [1.82, 2.24) is 9.78 Å². The first-order valence-electron chi connectivity index (χ1n) is 9.06. The van der Waals surface area contributed by atoms with Gasteiger partial charge in [-0.05, 0) is 54.3 Å². The van der Waals surface area contributed by atoms with Crippen LogP contribution in [0.2, 0.25) is 0 Å². The van der Waals surface area contributed by atoms with Gasteiger partial charge in [0.05, 0.1) is 11.6 Å². The van der Waals surface area contributed by atoms with Gasteiger partial charge in [-0.3, -0.25) is 4.79 Å². The van der Waals surface area contributed by atoms with E-state index in [1.807, 2.05) is 0 Å². The van der Waals surface area contributed by atoms with Crippen LogP contribution >= 0.6 is 0 Å². The second-order valence-electron chi connectivity index (χ2n) is 7.12. The second kappa shape index (κ2) is 7.02. The van der Waals surface area contributed by atoms with Crippen LogP contribution in [0.1, 0.15) is 47.2 Å². The third-order valence-electron chi connectivity index (χ3n) is 4.98. The van der Waals surface area contributed by atoms with Crippen LogP contribution in [0.25, 0.3) is 5.69 Å². The fourth-order valence-electron chi connectivity index (χ4n) is 3.39. The van der Waals surface area contributed by atoms with Gasteiger partial charge in [-0.25, -0.2) is 9.07 Å². The first-order valence-corrected chi connectivity index (χ1v) is 9.06. The fourth-order valence-corrected chi connectivity index (χ4v) is 3.39. The fraction of sp³-hybridized carbons (Fsp3) is 0.238. The molecule has 1 aromatic heterocycles. The van der Waals surface area contributed by atoms with E-state index in [1.165, 1.54) is 28.9 Å². The highest BCUT2D eigenvalue weighted by Crippen LogP contribution is 2.43. The minimum atomic E-state index is -4.52. The molecule has 2 aromatic carbocycles. The molecule has 0 saturated heterocycles. The number of carbonyl (C=O) groups excluding carboxylic acids is 1. The Morgan fingerprint density at radius 2 is 1.59 bits per heavy atom. The summed E-state index contributed by atoms with van der Waals surface area (Å²) in [4.78, 5) is 12.0. The van der Waals surface area contributed by atoms with E-state index in [-0.39, 0.29) is 5.92 Å². The van der Waals surface area contributed by atoms with Crippen molar-refractivity contribution in [3.8, 4) is 5.69 Å². The molecule has 0 bridgehead atoms. The highest BCUT2D eigenvalue weighted by Gasteiger charge is 2.38. The lowest BCUT2D eigenvalue weighted by Gasteiger charge is -2.15. The Labute approximate surface area is 164 Å². The van der Waals surface area contributed by atoms with Crippen molar-refractivity contribution in [2.24, 2.45) is 5.73 Å². The molecule has 0 aliphatic heterocycles. The predicted molar refractivity (Wildman–Crippen MR) is 98.0 cm³/mol. The number of aromatic nitrogens is 2. The zero-order chi connectivity index (χ0) is 20.8. The van der Waals surface area contributed by atoms with Gasteiger partial charge in [0.2, 0.25) is 5.91 Å². The van der Waals surface area contributed by atoms with Crippen LogP contribution < -0.4 is 5.73 Å². The minimum absolute atomic E-state index is 0.0656. The summed E-state index contributed by atoms with van der Waals surface area (Å²) in [5.41, 5.74) is 6.69. The Hall–Kier alpha value is -3.16. The lowest BCUT2D eigenvalue weighted by atomic mass is 9.90. The molecule has 1 unspecified atom stereocenters. The van der Waals surface area contributed by atoms with E-state index >= 15 is 0 Å². The molecule has 4 nitrogen and oxygen atoms in total. The van der Waals surface area contributed by atoms with E-state index in [0.29, 0.717) is 22.5 Å². The molecule has 1 aliphatic rings. The average molecular weight is 403 g/mol. The summed E-state index contributed by atoms with van der Waals surface area (Å²) in [6.07, 6.45) is -2.86. The number of hydrogen-bond donors (Lipinski definition) is 1. The summed E-state index contributed by atoms with van der Waals surface area (Å²) >= 11 is 0. The third-order valence-corrected chi connectivity index (χ3v) is 4.98. The summed E-state index contributed by atoms with van der Waals surface area (Å²) in [7, 11) is 0. The number of benzene rings is 2. The second-order valence-corrected chi connectivity index (χ2v) is 7.12. The molecule has 4 rings (SSSR count). The maximum absolute atomic E-state index is 13.2. The monoisotopic (exact) mass is 403 g/mol. The molecule has 1 atom stereocenters. The first-order chi connectivity index (χ1) is 13.7. The van der Waals surface area contributed by atoms with E-state index in [9.17, 15) is 22.4 Å². The largest absolute Gasteiger partial charge is 0.435 e. The molecular formula is C21H17F4N3O. The van der Waals surface area contributed by atoms with Crippen LogP contribution in [0, 0.1) is 5.82 Å². The summed E-state index contributed by atoms with van der Waals surface area (Å²) in [5.74, 6) is -1.77. The Balaban J connectivity index is 1.70. The van der Waals surface area contributed by atoms with Crippen LogP contribution in [0.4, 0.5) is 17.6 Å². The molecule has 2 N–H and O–H groups in total. The number of primary amides is 1. The first kappa shape index (κ1) is 19.2. The van der Waals surface area contributed by atoms with Gasteiger partial charge in [-0.1, -0.05) is 24.3 Å². The third kappa shape index (κ3) is 3.87. The maximum Gasteiger partial charge on any atom is 0.435 e. The van der Waals surface area contributed by atoms with Gasteiger partial charge in [-0.2, -0.15) is 18.3 Å². The van der Waals surface area contributed by atoms with Crippen molar-refractivity contribution in [3.63, 3.8) is 0 Å². The Kier molecular flexibility index (Phi) is 4.64. The quantitative estimate of drug-likeness (QED) is 0.637. The predicted octanol–water partition coefficient (Wildman–Crippen LogP) is 4.52. The highest BCUT2D eigenvalue weighted by atomic mass is 19.4. The lowest BCUT2D eigenvalue weighted by Crippen LogP contribution is -2.22. The molecule has 150 valence electrons. The molecule has 1 amide bonds. The van der Waals surface area contributed by atoms with E-state index in [0.717, 1.165) is 18.9 Å². The summed E-state index contributed by atoms with van der Waals surface area (Å²) in [5, 5.41) is 3.75. The lowest BCUT2D eigenvalue weighted by molar-refractivity contribution is -0.141. The number of halogens is 4. The summed E-state index contributed by atoms with van der Waals surface area (Å²) in [6.45, 7) is 0. The number of rotatable bonds is 5. The van der Waals surface area contributed by atoms with Crippen molar-refractivity contribution < 1.29 is 22.4 Å². The van der Waals surface area contributed by atoms with E-state index in [2.05, 4.69) is 5.10 Å². The van der Waals surface area contributed by atoms with Gasteiger partial charge in [0.15, 0.2) is 5.69 Å². The number of carbonyl (C=O) groups is 1. The topological polar surface area (TPSA) is 60.9 Å². The van der Waals surface area contributed by atoms with Crippen LogP contribution in [0.15, 0.2) is 54.6 Å². The Morgan fingerprint density at radius 1 is 1.03 bits per heavy atom. The standard InChI is InChI=1S/C21H17F4N3O/c22-15-7-3-13(4-8-15)19(20(26)29)14-5-9-16(10-6-14)28-17(12-1-2-12)11-18(27-28)21(23,24)25/h3-12,19H,1-2H2,(H2,26,29). The minimum Gasteiger partial charge on any atom is -0.369 e. The van der Waals surface area contributed by atoms with Gasteiger partial charge in [-0.15, -0.1) is 0 Å². The van der Waals surface area contributed by atoms with Crippen molar-refractivity contribution in [3.05, 3.63) is 82.9 Å². The molecular weight excluding hydrogens is 386 g/mol. The van der Waals surface area contributed by atoms with Crippen LogP contribution in [-0.2, 0) is 11.0 Å². The van der Waals surface area contributed by atoms with Gasteiger partial charge in [0.1, 0.15) is 5.82 Å². The molecule has 8 heteroatoms. The number of hydrogen-bond acceptors (Lipinski definition) is 2. The molecule has 3 aromatic rings. The molecule has 29 heavy (non-hydrogen) atoms. The highest BCUT2D eigenvalue weighted by molar-refractivity contribution is 5.85. The molecule has 1 saturated carbocycles. The normalized spacial score (nSPS) is 15.3. The van der Waals surface area contributed by atoms with Crippen LogP contribution in [0.3, 0.4) is 0 Å². The number of nitrogens with two attached hydrogens (primary N) is 1. The zero-order valence-electron chi connectivity index (χ0n) is 15.2. The molecule has 1 fully saturated rings. The average Bonchev–Trinajstić information content (AvgIpc) is 3.41. The SMILES string of the molecule is NC(=O)C(c1ccc(F)cc1)c1ccc(-n2nc(C(F)(F)F)cc2C2CC2)cc1. The van der Waals surface area contributed by atoms with Crippen molar-refractivity contribution in [2.75, 3.05) is 0 Å². The van der Waals surface area contributed by atoms with Gasteiger partial charge >= 0.3 is 6.18 Å². The summed E-state index contributed by atoms with van der Waals surface area (Å²) in [6, 6.07) is 13.0. The zero-order valence-corrected chi connectivity index (χ0v) is 15.2. The maximum atomic E-state index is 13.2. The summed E-state index contributed by atoms with van der Waals surface area (Å²) < 4.78 is 53.8. The van der Waals surface area contributed by atoms with Crippen LogP contribution in [0.5, 0.6) is 0 Å². The molecule has 0 spiro atoms. The van der Waals surface area contributed by atoms with E-state index in [1.54, 1.807) is 24.3 Å². The molecule has 1 aliphatic carbocycles. The Morgan fingerprint density at radius 3 is 2.07 bits per heavy atom. The van der Waals surface area contributed by atoms with Crippen molar-refractivity contribution in [1.29, 1.82) is 0 Å². The number of alkyl halides is 3. The van der Waals surface area contributed by atoms with E-state index < -0.39 is 29.5 Å². The van der Waals surface area contributed by atoms with Crippen molar-refractivity contribution in [2.45, 2.75) is 30.9 Å².